The van der Waals surface area contributed by atoms with Gasteiger partial charge in [-0.25, -0.2) is 12.8 Å². The molecule has 0 amide bonds. The highest BCUT2D eigenvalue weighted by Gasteiger charge is 2.18. The number of rotatable bonds is 5. The second-order valence-electron chi connectivity index (χ2n) is 4.48. The molecule has 2 rings (SSSR count). The van der Waals surface area contributed by atoms with Crippen LogP contribution in [-0.2, 0) is 16.6 Å². The van der Waals surface area contributed by atoms with E-state index in [1.165, 1.54) is 24.4 Å². The molecule has 0 aliphatic heterocycles. The summed E-state index contributed by atoms with van der Waals surface area (Å²) in [5.41, 5.74) is 1.45. The topological polar surface area (TPSA) is 74.0 Å². The molecule has 1 aromatic heterocycles. The molecule has 20 heavy (non-hydrogen) atoms. The summed E-state index contributed by atoms with van der Waals surface area (Å²) >= 11 is 0. The fraction of sp³-hybridized carbons (Fsp3) is 0.231. The quantitative estimate of drug-likeness (QED) is 0.790. The zero-order valence-electron chi connectivity index (χ0n) is 11.2. The average molecular weight is 297 g/mol. The van der Waals surface area contributed by atoms with Crippen LogP contribution in [0.25, 0.3) is 0 Å². The Morgan fingerprint density at radius 3 is 2.75 bits per heavy atom. The molecule has 0 atom stereocenters. The van der Waals surface area contributed by atoms with Crippen molar-refractivity contribution < 1.29 is 12.8 Å². The SMILES string of the molecule is CNCc1cc(S(=O)(=O)Nc2cc(C)ccc2F)c[nH]1. The van der Waals surface area contributed by atoms with Gasteiger partial charge in [0.25, 0.3) is 10.0 Å². The lowest BCUT2D eigenvalue weighted by molar-refractivity contribution is 0.598. The van der Waals surface area contributed by atoms with Gasteiger partial charge in [-0.3, -0.25) is 4.72 Å². The highest BCUT2D eigenvalue weighted by molar-refractivity contribution is 7.92. The Morgan fingerprint density at radius 2 is 2.05 bits per heavy atom. The predicted molar refractivity (Wildman–Crippen MR) is 75.5 cm³/mol. The van der Waals surface area contributed by atoms with Crippen LogP contribution < -0.4 is 10.0 Å². The third-order valence-corrected chi connectivity index (χ3v) is 4.10. The van der Waals surface area contributed by atoms with Crippen molar-refractivity contribution in [2.45, 2.75) is 18.4 Å². The van der Waals surface area contributed by atoms with Crippen LogP contribution >= 0.6 is 0 Å². The standard InChI is InChI=1S/C13H16FN3O2S/c1-9-3-4-12(14)13(5-9)17-20(18,19)11-6-10(7-15-2)16-8-11/h3-6,8,15-17H,7H2,1-2H3. The zero-order chi connectivity index (χ0) is 14.8. The third kappa shape index (κ3) is 3.17. The van der Waals surface area contributed by atoms with Gasteiger partial charge < -0.3 is 10.3 Å². The van der Waals surface area contributed by atoms with Crippen LogP contribution in [0.5, 0.6) is 0 Å². The summed E-state index contributed by atoms with van der Waals surface area (Å²) in [6.07, 6.45) is 1.38. The Balaban J connectivity index is 2.28. The molecule has 0 fully saturated rings. The zero-order valence-corrected chi connectivity index (χ0v) is 12.0. The van der Waals surface area contributed by atoms with Crippen LogP contribution in [-0.4, -0.2) is 20.4 Å². The van der Waals surface area contributed by atoms with Crippen molar-refractivity contribution in [1.29, 1.82) is 0 Å². The number of aryl methyl sites for hydroxylation is 1. The number of aromatic amines is 1. The van der Waals surface area contributed by atoms with Crippen molar-refractivity contribution in [3.8, 4) is 0 Å². The largest absolute Gasteiger partial charge is 0.363 e. The Hall–Kier alpha value is -1.86. The summed E-state index contributed by atoms with van der Waals surface area (Å²) < 4.78 is 40.2. The summed E-state index contributed by atoms with van der Waals surface area (Å²) in [6, 6.07) is 5.77. The smallest absolute Gasteiger partial charge is 0.263 e. The van der Waals surface area contributed by atoms with Crippen LogP contribution in [0.1, 0.15) is 11.3 Å². The third-order valence-electron chi connectivity index (χ3n) is 2.76. The maximum atomic E-state index is 13.6. The summed E-state index contributed by atoms with van der Waals surface area (Å²) in [6.45, 7) is 2.28. The first kappa shape index (κ1) is 14.5. The first-order valence-electron chi connectivity index (χ1n) is 6.03. The minimum Gasteiger partial charge on any atom is -0.363 e. The molecular formula is C13H16FN3O2S. The van der Waals surface area contributed by atoms with E-state index in [1.54, 1.807) is 20.0 Å². The van der Waals surface area contributed by atoms with Gasteiger partial charge in [-0.1, -0.05) is 6.07 Å². The van der Waals surface area contributed by atoms with E-state index in [1.807, 2.05) is 0 Å². The van der Waals surface area contributed by atoms with Crippen LogP contribution in [0.4, 0.5) is 10.1 Å². The molecule has 3 N–H and O–H groups in total. The number of hydrogen-bond donors (Lipinski definition) is 3. The van der Waals surface area contributed by atoms with E-state index in [-0.39, 0.29) is 10.6 Å². The lowest BCUT2D eigenvalue weighted by Crippen LogP contribution is -2.13. The van der Waals surface area contributed by atoms with Gasteiger partial charge in [0, 0.05) is 18.4 Å². The van der Waals surface area contributed by atoms with E-state index in [2.05, 4.69) is 15.0 Å². The van der Waals surface area contributed by atoms with Crippen molar-refractivity contribution in [2.24, 2.45) is 0 Å². The van der Waals surface area contributed by atoms with Gasteiger partial charge in [0.15, 0.2) is 0 Å². The Morgan fingerprint density at radius 1 is 1.30 bits per heavy atom. The maximum absolute atomic E-state index is 13.6. The number of halogens is 1. The number of nitrogens with one attached hydrogen (secondary N) is 3. The summed E-state index contributed by atoms with van der Waals surface area (Å²) in [5, 5.41) is 2.91. The van der Waals surface area contributed by atoms with Gasteiger partial charge in [-0.05, 0) is 37.7 Å². The fourth-order valence-electron chi connectivity index (χ4n) is 1.79. The molecular weight excluding hydrogens is 281 g/mol. The number of anilines is 1. The number of H-pyrrole nitrogens is 1. The van der Waals surface area contributed by atoms with E-state index < -0.39 is 15.8 Å². The first-order valence-corrected chi connectivity index (χ1v) is 7.51. The van der Waals surface area contributed by atoms with Gasteiger partial charge in [0.1, 0.15) is 10.7 Å². The van der Waals surface area contributed by atoms with Gasteiger partial charge in [-0.15, -0.1) is 0 Å². The Bertz CT molecular complexity index is 710. The lowest BCUT2D eigenvalue weighted by Gasteiger charge is -2.08. The fourth-order valence-corrected chi connectivity index (χ4v) is 2.86. The second-order valence-corrected chi connectivity index (χ2v) is 6.16. The maximum Gasteiger partial charge on any atom is 0.263 e. The molecule has 2 aromatic rings. The monoisotopic (exact) mass is 297 g/mol. The van der Waals surface area contributed by atoms with Crippen LogP contribution in [0.15, 0.2) is 35.4 Å². The van der Waals surface area contributed by atoms with E-state index in [9.17, 15) is 12.8 Å². The Labute approximate surface area is 117 Å². The number of hydrogen-bond acceptors (Lipinski definition) is 3. The van der Waals surface area contributed by atoms with E-state index in [4.69, 9.17) is 0 Å². The molecule has 0 saturated heterocycles. The average Bonchev–Trinajstić information content (AvgIpc) is 2.83. The minimum atomic E-state index is -3.80. The first-order chi connectivity index (χ1) is 9.42. The summed E-state index contributed by atoms with van der Waals surface area (Å²) in [7, 11) is -2.04. The lowest BCUT2D eigenvalue weighted by atomic mass is 10.2. The normalized spacial score (nSPS) is 11.6. The van der Waals surface area contributed by atoms with Crippen LogP contribution in [0, 0.1) is 12.7 Å². The van der Waals surface area contributed by atoms with E-state index in [0.29, 0.717) is 6.54 Å². The number of aromatic nitrogens is 1. The second kappa shape index (κ2) is 5.64. The molecule has 108 valence electrons. The molecule has 0 aliphatic rings. The number of sulfonamides is 1. The molecule has 1 heterocycles. The summed E-state index contributed by atoms with van der Waals surface area (Å²) in [4.78, 5) is 2.92. The van der Waals surface area contributed by atoms with Crippen molar-refractivity contribution in [1.82, 2.24) is 10.3 Å². The molecule has 0 aliphatic carbocycles. The summed E-state index contributed by atoms with van der Waals surface area (Å²) in [5.74, 6) is -0.606. The molecule has 0 spiro atoms. The molecule has 0 bridgehead atoms. The highest BCUT2D eigenvalue weighted by atomic mass is 32.2. The van der Waals surface area contributed by atoms with Crippen molar-refractivity contribution >= 4 is 15.7 Å². The predicted octanol–water partition coefficient (Wildman–Crippen LogP) is 1.98. The van der Waals surface area contributed by atoms with Gasteiger partial charge in [0.2, 0.25) is 0 Å². The molecule has 1 aromatic carbocycles. The molecule has 5 nitrogen and oxygen atoms in total. The minimum absolute atomic E-state index is 0.0543. The van der Waals surface area contributed by atoms with Crippen molar-refractivity contribution in [3.63, 3.8) is 0 Å². The highest BCUT2D eigenvalue weighted by Crippen LogP contribution is 2.20. The van der Waals surface area contributed by atoms with Crippen molar-refractivity contribution in [2.75, 3.05) is 11.8 Å². The molecule has 0 unspecified atom stereocenters. The van der Waals surface area contributed by atoms with E-state index >= 15 is 0 Å². The molecule has 0 saturated carbocycles. The van der Waals surface area contributed by atoms with Gasteiger partial charge in [0.05, 0.1) is 5.69 Å². The van der Waals surface area contributed by atoms with Gasteiger partial charge in [-0.2, -0.15) is 0 Å². The van der Waals surface area contributed by atoms with Crippen molar-refractivity contribution in [3.05, 3.63) is 47.5 Å². The van der Waals surface area contributed by atoms with Crippen LogP contribution in [0.3, 0.4) is 0 Å². The van der Waals surface area contributed by atoms with Gasteiger partial charge >= 0.3 is 0 Å². The molecule has 7 heteroatoms. The molecule has 0 radical (unpaired) electrons. The Kier molecular flexibility index (Phi) is 4.10. The van der Waals surface area contributed by atoms with E-state index in [0.717, 1.165) is 11.3 Å². The van der Waals surface area contributed by atoms with Crippen LogP contribution in [0.2, 0.25) is 0 Å². The number of benzene rings is 1.